The van der Waals surface area contributed by atoms with E-state index in [4.69, 9.17) is 4.74 Å². The molecular weight excluding hydrogens is 198 g/mol. The number of hydrogen-bond donors (Lipinski definition) is 1. The van der Waals surface area contributed by atoms with Crippen molar-refractivity contribution in [2.45, 2.75) is 77.4 Å². The van der Waals surface area contributed by atoms with Gasteiger partial charge in [0, 0.05) is 13.2 Å². The quantitative estimate of drug-likeness (QED) is 0.576. The van der Waals surface area contributed by atoms with Gasteiger partial charge in [-0.05, 0) is 26.8 Å². The van der Waals surface area contributed by atoms with Crippen LogP contribution in [0.3, 0.4) is 0 Å². The highest BCUT2D eigenvalue weighted by atomic mass is 16.5. The summed E-state index contributed by atoms with van der Waals surface area (Å²) in [7, 11) is 3.87. The Morgan fingerprint density at radius 2 is 1.75 bits per heavy atom. The molecule has 0 aliphatic rings. The molecule has 16 heavy (non-hydrogen) atoms. The van der Waals surface area contributed by atoms with Gasteiger partial charge in [-0.1, -0.05) is 46.0 Å². The van der Waals surface area contributed by atoms with E-state index < -0.39 is 0 Å². The van der Waals surface area contributed by atoms with Gasteiger partial charge in [0.1, 0.15) is 0 Å². The van der Waals surface area contributed by atoms with Crippen LogP contribution in [0, 0.1) is 0 Å². The molecule has 0 aromatic rings. The van der Waals surface area contributed by atoms with Gasteiger partial charge >= 0.3 is 0 Å². The van der Waals surface area contributed by atoms with E-state index in [0.29, 0.717) is 6.04 Å². The average Bonchev–Trinajstić information content (AvgIpc) is 2.33. The molecule has 0 heterocycles. The van der Waals surface area contributed by atoms with E-state index >= 15 is 0 Å². The van der Waals surface area contributed by atoms with Crippen LogP contribution in [0.15, 0.2) is 0 Å². The Kier molecular flexibility index (Phi) is 8.96. The summed E-state index contributed by atoms with van der Waals surface area (Å²) in [5.74, 6) is 0. The Bertz CT molecular complexity index is 155. The summed E-state index contributed by atoms with van der Waals surface area (Å²) < 4.78 is 5.66. The number of unbranched alkanes of at least 4 members (excludes halogenated alkanes) is 4. The third kappa shape index (κ3) is 5.31. The molecular formula is C14H31NO. The molecule has 2 unspecified atom stereocenters. The molecule has 98 valence electrons. The van der Waals surface area contributed by atoms with E-state index in [2.05, 4.69) is 26.1 Å². The average molecular weight is 229 g/mol. The maximum absolute atomic E-state index is 5.66. The molecule has 0 aliphatic carbocycles. The molecule has 0 radical (unpaired) electrons. The van der Waals surface area contributed by atoms with E-state index in [-0.39, 0.29) is 5.60 Å². The fourth-order valence-electron chi connectivity index (χ4n) is 2.24. The minimum Gasteiger partial charge on any atom is -0.377 e. The predicted molar refractivity (Wildman–Crippen MR) is 71.9 cm³/mol. The number of methoxy groups -OCH3 is 1. The maximum atomic E-state index is 5.66. The zero-order chi connectivity index (χ0) is 12.4. The number of ether oxygens (including phenoxy) is 1. The van der Waals surface area contributed by atoms with Gasteiger partial charge < -0.3 is 10.1 Å². The van der Waals surface area contributed by atoms with Crippen LogP contribution in [-0.4, -0.2) is 25.8 Å². The van der Waals surface area contributed by atoms with Gasteiger partial charge in [-0.3, -0.25) is 0 Å². The minimum absolute atomic E-state index is 0.0144. The van der Waals surface area contributed by atoms with E-state index in [0.717, 1.165) is 6.42 Å². The van der Waals surface area contributed by atoms with Crippen LogP contribution in [0.25, 0.3) is 0 Å². The molecule has 2 atom stereocenters. The van der Waals surface area contributed by atoms with Gasteiger partial charge in [0.2, 0.25) is 0 Å². The summed E-state index contributed by atoms with van der Waals surface area (Å²) in [5, 5.41) is 3.41. The van der Waals surface area contributed by atoms with Crippen LogP contribution >= 0.6 is 0 Å². The molecule has 0 amide bonds. The predicted octanol–water partition coefficient (Wildman–Crippen LogP) is 3.75. The van der Waals surface area contributed by atoms with Gasteiger partial charge in [0.05, 0.1) is 5.60 Å². The van der Waals surface area contributed by atoms with Gasteiger partial charge in [-0.2, -0.15) is 0 Å². The van der Waals surface area contributed by atoms with Crippen LogP contribution in [-0.2, 0) is 4.74 Å². The fourth-order valence-corrected chi connectivity index (χ4v) is 2.24. The number of rotatable bonds is 10. The van der Waals surface area contributed by atoms with Crippen molar-refractivity contribution in [1.82, 2.24) is 5.32 Å². The van der Waals surface area contributed by atoms with Gasteiger partial charge in [-0.25, -0.2) is 0 Å². The molecule has 0 saturated heterocycles. The SMILES string of the molecule is CCCCCCCC(NC)C(C)(CC)OC. The van der Waals surface area contributed by atoms with E-state index in [1.54, 1.807) is 0 Å². The van der Waals surface area contributed by atoms with Crippen molar-refractivity contribution in [3.63, 3.8) is 0 Å². The van der Waals surface area contributed by atoms with E-state index in [1.807, 2.05) is 14.2 Å². The lowest BCUT2D eigenvalue weighted by Crippen LogP contribution is -2.48. The monoisotopic (exact) mass is 229 g/mol. The topological polar surface area (TPSA) is 21.3 Å². The lowest BCUT2D eigenvalue weighted by molar-refractivity contribution is -0.0297. The largest absolute Gasteiger partial charge is 0.377 e. The summed E-state index contributed by atoms with van der Waals surface area (Å²) in [6.45, 7) is 6.67. The van der Waals surface area contributed by atoms with Crippen molar-refractivity contribution in [2.75, 3.05) is 14.2 Å². The van der Waals surface area contributed by atoms with Crippen LogP contribution in [0.1, 0.15) is 65.7 Å². The lowest BCUT2D eigenvalue weighted by Gasteiger charge is -2.35. The van der Waals surface area contributed by atoms with Crippen molar-refractivity contribution < 1.29 is 4.74 Å². The molecule has 2 heteroatoms. The highest BCUT2D eigenvalue weighted by Gasteiger charge is 2.30. The molecule has 2 nitrogen and oxygen atoms in total. The molecule has 0 aliphatic heterocycles. The lowest BCUT2D eigenvalue weighted by atomic mass is 9.89. The molecule has 0 saturated carbocycles. The summed E-state index contributed by atoms with van der Waals surface area (Å²) in [6.07, 6.45) is 9.02. The van der Waals surface area contributed by atoms with E-state index in [1.165, 1.54) is 38.5 Å². The molecule has 1 N–H and O–H groups in total. The molecule has 0 rings (SSSR count). The van der Waals surface area contributed by atoms with E-state index in [9.17, 15) is 0 Å². The fraction of sp³-hybridized carbons (Fsp3) is 1.00. The summed E-state index contributed by atoms with van der Waals surface area (Å²) in [4.78, 5) is 0. The third-order valence-corrected chi connectivity index (χ3v) is 3.85. The Morgan fingerprint density at radius 1 is 1.12 bits per heavy atom. The zero-order valence-corrected chi connectivity index (χ0v) is 11.9. The minimum atomic E-state index is -0.0144. The highest BCUT2D eigenvalue weighted by Crippen LogP contribution is 2.23. The molecule has 0 aromatic heterocycles. The second-order valence-electron chi connectivity index (χ2n) is 4.91. The normalized spacial score (nSPS) is 17.1. The third-order valence-electron chi connectivity index (χ3n) is 3.85. The van der Waals surface area contributed by atoms with Crippen LogP contribution < -0.4 is 5.32 Å². The van der Waals surface area contributed by atoms with Gasteiger partial charge in [0.25, 0.3) is 0 Å². The first-order valence-electron chi connectivity index (χ1n) is 6.87. The molecule has 0 bridgehead atoms. The number of hydrogen-bond acceptors (Lipinski definition) is 2. The zero-order valence-electron chi connectivity index (χ0n) is 11.9. The Morgan fingerprint density at radius 3 is 2.19 bits per heavy atom. The molecule has 0 spiro atoms. The molecule has 0 fully saturated rings. The second-order valence-corrected chi connectivity index (χ2v) is 4.91. The highest BCUT2D eigenvalue weighted by molar-refractivity contribution is 4.87. The summed E-state index contributed by atoms with van der Waals surface area (Å²) in [6, 6.07) is 0.476. The van der Waals surface area contributed by atoms with Gasteiger partial charge in [-0.15, -0.1) is 0 Å². The maximum Gasteiger partial charge on any atom is 0.0800 e. The standard InChI is InChI=1S/C14H31NO/c1-6-8-9-10-11-12-13(15-4)14(3,7-2)16-5/h13,15H,6-12H2,1-5H3. The Balaban J connectivity index is 3.90. The number of likely N-dealkylation sites (N-methyl/N-ethyl adjacent to an activating group) is 1. The molecule has 0 aromatic carbocycles. The first-order chi connectivity index (χ1) is 7.64. The van der Waals surface area contributed by atoms with Gasteiger partial charge in [0.15, 0.2) is 0 Å². The van der Waals surface area contributed by atoms with Crippen molar-refractivity contribution in [2.24, 2.45) is 0 Å². The first-order valence-corrected chi connectivity index (χ1v) is 6.87. The first kappa shape index (κ1) is 15.9. The van der Waals surface area contributed by atoms with Crippen molar-refractivity contribution in [3.05, 3.63) is 0 Å². The van der Waals surface area contributed by atoms with Crippen molar-refractivity contribution >= 4 is 0 Å². The number of nitrogens with one attached hydrogen (secondary N) is 1. The second kappa shape index (κ2) is 9.00. The smallest absolute Gasteiger partial charge is 0.0800 e. The van der Waals surface area contributed by atoms with Crippen LogP contribution in [0.4, 0.5) is 0 Å². The summed E-state index contributed by atoms with van der Waals surface area (Å²) >= 11 is 0. The van der Waals surface area contributed by atoms with Crippen molar-refractivity contribution in [3.8, 4) is 0 Å². The van der Waals surface area contributed by atoms with Crippen LogP contribution in [0.5, 0.6) is 0 Å². The Labute approximate surface area is 102 Å². The summed E-state index contributed by atoms with van der Waals surface area (Å²) in [5.41, 5.74) is -0.0144. The Hall–Kier alpha value is -0.0800. The van der Waals surface area contributed by atoms with Crippen LogP contribution in [0.2, 0.25) is 0 Å². The van der Waals surface area contributed by atoms with Crippen molar-refractivity contribution in [1.29, 1.82) is 0 Å².